The zero-order valence-electron chi connectivity index (χ0n) is 9.91. The molecule has 1 aromatic heterocycles. The third-order valence-corrected chi connectivity index (χ3v) is 4.58. The van der Waals surface area contributed by atoms with E-state index in [1.807, 2.05) is 0 Å². The zero-order valence-corrected chi connectivity index (χ0v) is 10.7. The van der Waals surface area contributed by atoms with Crippen molar-refractivity contribution in [3.8, 4) is 6.01 Å². The average molecular weight is 275 g/mol. The van der Waals surface area contributed by atoms with Gasteiger partial charge in [0, 0.05) is 6.54 Å². The normalized spacial score (nSPS) is 21.1. The Hall–Kier alpha value is -1.28. The summed E-state index contributed by atoms with van der Waals surface area (Å²) in [6, 6.07) is 0.0668. The summed E-state index contributed by atoms with van der Waals surface area (Å²) in [5, 5.41) is 0. The highest BCUT2D eigenvalue weighted by atomic mass is 32.2. The maximum atomic E-state index is 12.6. The summed E-state index contributed by atoms with van der Waals surface area (Å²) in [6.45, 7) is 2.32. The van der Waals surface area contributed by atoms with Gasteiger partial charge in [0.1, 0.15) is 6.10 Å². The molecular formula is C10H14FN3O3S. The van der Waals surface area contributed by atoms with E-state index in [2.05, 4.69) is 9.97 Å². The van der Waals surface area contributed by atoms with E-state index in [9.17, 15) is 12.8 Å². The molecule has 0 radical (unpaired) electrons. The summed E-state index contributed by atoms with van der Waals surface area (Å²) < 4.78 is 42.7. The number of aromatic nitrogens is 2. The van der Waals surface area contributed by atoms with E-state index in [-0.39, 0.29) is 24.4 Å². The fourth-order valence-corrected chi connectivity index (χ4v) is 2.88. The molecule has 0 N–H and O–H groups in total. The van der Waals surface area contributed by atoms with Crippen LogP contribution in [0.15, 0.2) is 12.4 Å². The summed E-state index contributed by atoms with van der Waals surface area (Å²) >= 11 is 0. The molecule has 8 heteroatoms. The van der Waals surface area contributed by atoms with E-state index in [1.54, 1.807) is 6.92 Å². The van der Waals surface area contributed by atoms with E-state index in [0.717, 1.165) is 12.4 Å². The lowest BCUT2D eigenvalue weighted by Gasteiger charge is -2.15. The van der Waals surface area contributed by atoms with Crippen molar-refractivity contribution in [3.63, 3.8) is 0 Å². The molecule has 0 saturated carbocycles. The minimum atomic E-state index is -3.18. The van der Waals surface area contributed by atoms with Crippen molar-refractivity contribution < 1.29 is 17.5 Å². The quantitative estimate of drug-likeness (QED) is 0.796. The van der Waals surface area contributed by atoms with E-state index in [4.69, 9.17) is 4.74 Å². The van der Waals surface area contributed by atoms with Crippen molar-refractivity contribution in [2.75, 3.05) is 18.8 Å². The lowest BCUT2D eigenvalue weighted by atomic mass is 10.3. The van der Waals surface area contributed by atoms with Gasteiger partial charge in [0.05, 0.1) is 24.7 Å². The molecule has 1 aliphatic rings. The molecule has 1 fully saturated rings. The zero-order chi connectivity index (χ0) is 13.2. The van der Waals surface area contributed by atoms with Crippen molar-refractivity contribution >= 4 is 10.0 Å². The van der Waals surface area contributed by atoms with Crippen LogP contribution < -0.4 is 4.74 Å². The molecule has 0 aliphatic carbocycles. The van der Waals surface area contributed by atoms with Crippen LogP contribution in [0.25, 0.3) is 0 Å². The van der Waals surface area contributed by atoms with Crippen LogP contribution >= 0.6 is 0 Å². The second-order valence-electron chi connectivity index (χ2n) is 3.97. The monoisotopic (exact) mass is 275 g/mol. The minimum absolute atomic E-state index is 0.0668. The van der Waals surface area contributed by atoms with Gasteiger partial charge in [-0.2, -0.15) is 4.31 Å². The molecule has 2 rings (SSSR count). The Kier molecular flexibility index (Phi) is 3.76. The maximum Gasteiger partial charge on any atom is 0.316 e. The van der Waals surface area contributed by atoms with Crippen LogP contribution in [0.5, 0.6) is 6.01 Å². The number of hydrogen-bond donors (Lipinski definition) is 0. The van der Waals surface area contributed by atoms with Gasteiger partial charge < -0.3 is 4.74 Å². The molecule has 6 nitrogen and oxygen atoms in total. The smallest absolute Gasteiger partial charge is 0.316 e. The molecule has 0 spiro atoms. The van der Waals surface area contributed by atoms with E-state index >= 15 is 0 Å². The van der Waals surface area contributed by atoms with Crippen molar-refractivity contribution in [2.24, 2.45) is 0 Å². The van der Waals surface area contributed by atoms with Crippen LogP contribution in [0, 0.1) is 5.82 Å². The van der Waals surface area contributed by atoms with Gasteiger partial charge in [-0.25, -0.2) is 22.8 Å². The van der Waals surface area contributed by atoms with E-state index in [1.165, 1.54) is 4.31 Å². The highest BCUT2D eigenvalue weighted by Gasteiger charge is 2.31. The first-order valence-corrected chi connectivity index (χ1v) is 7.24. The highest BCUT2D eigenvalue weighted by Crippen LogP contribution is 2.17. The number of hydrogen-bond acceptors (Lipinski definition) is 5. The largest absolute Gasteiger partial charge is 0.459 e. The van der Waals surface area contributed by atoms with E-state index in [0.29, 0.717) is 13.0 Å². The molecule has 0 aromatic carbocycles. The first kappa shape index (κ1) is 13.2. The molecule has 1 aromatic rings. The standard InChI is InChI=1S/C10H14FN3O3S/c1-2-18(15,16)14-4-3-9(7-14)17-10-12-5-8(11)6-13-10/h5-6,9H,2-4,7H2,1H3/t9-/m0/s1. The Labute approximate surface area is 105 Å². The topological polar surface area (TPSA) is 72.4 Å². The van der Waals surface area contributed by atoms with Crippen molar-refractivity contribution in [1.29, 1.82) is 0 Å². The molecule has 1 atom stereocenters. The summed E-state index contributed by atoms with van der Waals surface area (Å²) in [5.41, 5.74) is 0. The van der Waals surface area contributed by atoms with Gasteiger partial charge in [-0.3, -0.25) is 0 Å². The first-order chi connectivity index (χ1) is 8.51. The Morgan fingerprint density at radius 1 is 1.50 bits per heavy atom. The van der Waals surface area contributed by atoms with Crippen LogP contribution in [0.4, 0.5) is 4.39 Å². The molecule has 0 unspecified atom stereocenters. The Morgan fingerprint density at radius 3 is 2.78 bits per heavy atom. The highest BCUT2D eigenvalue weighted by molar-refractivity contribution is 7.89. The van der Waals surface area contributed by atoms with Crippen LogP contribution in [0.2, 0.25) is 0 Å². The summed E-state index contributed by atoms with van der Waals surface area (Å²) in [7, 11) is -3.18. The van der Waals surface area contributed by atoms with Crippen LogP contribution in [0.1, 0.15) is 13.3 Å². The van der Waals surface area contributed by atoms with Gasteiger partial charge in [0.25, 0.3) is 0 Å². The maximum absolute atomic E-state index is 12.6. The Bertz CT molecular complexity index is 506. The SMILES string of the molecule is CCS(=O)(=O)N1CC[C@H](Oc2ncc(F)cn2)C1. The van der Waals surface area contributed by atoms with Gasteiger partial charge in [-0.1, -0.05) is 0 Å². The average Bonchev–Trinajstić information content (AvgIpc) is 2.81. The van der Waals surface area contributed by atoms with Crippen LogP contribution in [-0.4, -0.2) is 47.6 Å². The molecule has 0 bridgehead atoms. The molecule has 100 valence electrons. The second kappa shape index (κ2) is 5.15. The molecule has 0 amide bonds. The predicted octanol–water partition coefficient (Wildman–Crippen LogP) is 0.418. The van der Waals surface area contributed by atoms with Gasteiger partial charge in [-0.15, -0.1) is 0 Å². The summed E-state index contributed by atoms with van der Waals surface area (Å²) in [4.78, 5) is 7.35. The van der Waals surface area contributed by atoms with Crippen LogP contribution in [0.3, 0.4) is 0 Å². The third-order valence-electron chi connectivity index (χ3n) is 2.73. The molecule has 18 heavy (non-hydrogen) atoms. The summed E-state index contributed by atoms with van der Waals surface area (Å²) in [5.74, 6) is -0.462. The number of ether oxygens (including phenoxy) is 1. The number of halogens is 1. The molecule has 1 saturated heterocycles. The van der Waals surface area contributed by atoms with Crippen LogP contribution in [-0.2, 0) is 10.0 Å². The second-order valence-corrected chi connectivity index (χ2v) is 6.23. The number of sulfonamides is 1. The van der Waals surface area contributed by atoms with E-state index < -0.39 is 15.8 Å². The van der Waals surface area contributed by atoms with Gasteiger partial charge in [0.15, 0.2) is 5.82 Å². The predicted molar refractivity (Wildman–Crippen MR) is 62.1 cm³/mol. The van der Waals surface area contributed by atoms with Crippen molar-refractivity contribution in [3.05, 3.63) is 18.2 Å². The lowest BCUT2D eigenvalue weighted by Crippen LogP contribution is -2.32. The Morgan fingerprint density at radius 2 is 2.17 bits per heavy atom. The fraction of sp³-hybridized carbons (Fsp3) is 0.600. The minimum Gasteiger partial charge on any atom is -0.459 e. The van der Waals surface area contributed by atoms with Gasteiger partial charge in [0.2, 0.25) is 10.0 Å². The Balaban J connectivity index is 1.96. The first-order valence-electron chi connectivity index (χ1n) is 5.63. The third kappa shape index (κ3) is 2.94. The van der Waals surface area contributed by atoms with Gasteiger partial charge >= 0.3 is 6.01 Å². The fourth-order valence-electron chi connectivity index (χ4n) is 1.74. The van der Waals surface area contributed by atoms with Crippen molar-refractivity contribution in [2.45, 2.75) is 19.4 Å². The van der Waals surface area contributed by atoms with Crippen molar-refractivity contribution in [1.82, 2.24) is 14.3 Å². The molecule has 2 heterocycles. The molecule has 1 aliphatic heterocycles. The lowest BCUT2D eigenvalue weighted by molar-refractivity contribution is 0.197. The number of rotatable bonds is 4. The van der Waals surface area contributed by atoms with Gasteiger partial charge in [-0.05, 0) is 13.3 Å². The summed E-state index contributed by atoms with van der Waals surface area (Å²) in [6.07, 6.45) is 2.33. The molecular weight excluding hydrogens is 261 g/mol. The number of nitrogens with zero attached hydrogens (tertiary/aromatic N) is 3.